The average Bonchev–Trinajstić information content (AvgIpc) is 2.07. The molecule has 0 amide bonds. The summed E-state index contributed by atoms with van der Waals surface area (Å²) in [5.74, 6) is -0.469. The van der Waals surface area contributed by atoms with E-state index in [-0.39, 0.29) is 5.02 Å². The Hall–Kier alpha value is -1.33. The molecule has 1 aromatic rings. The fraction of sp³-hybridized carbons (Fsp3) is 0. The van der Waals surface area contributed by atoms with Crippen LogP contribution in [0.3, 0.4) is 0 Å². The van der Waals surface area contributed by atoms with E-state index in [1.54, 1.807) is 6.07 Å². The van der Waals surface area contributed by atoms with Gasteiger partial charge in [-0.2, -0.15) is 0 Å². The summed E-state index contributed by atoms with van der Waals surface area (Å²) >= 11 is 5.46. The van der Waals surface area contributed by atoms with E-state index in [2.05, 4.69) is 4.85 Å². The highest BCUT2D eigenvalue weighted by molar-refractivity contribution is 6.30. The molecule has 0 radical (unpaired) electrons. The van der Waals surface area contributed by atoms with E-state index in [0.29, 0.717) is 5.56 Å². The van der Waals surface area contributed by atoms with Crippen LogP contribution in [0, 0.1) is 12.4 Å². The zero-order valence-electron chi connectivity index (χ0n) is 6.09. The van der Waals surface area contributed by atoms with Gasteiger partial charge in [-0.25, -0.2) is 9.24 Å². The Morgan fingerprint density at radius 2 is 2.25 bits per heavy atom. The van der Waals surface area contributed by atoms with Crippen molar-refractivity contribution in [3.05, 3.63) is 52.2 Å². The van der Waals surface area contributed by atoms with Gasteiger partial charge < -0.3 is 0 Å². The number of benzene rings is 1. The normalized spacial score (nSPS) is 10.1. The maximum absolute atomic E-state index is 12.8. The molecule has 0 unspecified atom stereocenters. The van der Waals surface area contributed by atoms with Crippen LogP contribution >= 0.6 is 11.6 Å². The van der Waals surface area contributed by atoms with E-state index in [0.717, 1.165) is 0 Å². The molecule has 0 aliphatic heterocycles. The third-order valence-corrected chi connectivity index (χ3v) is 1.59. The van der Waals surface area contributed by atoms with Crippen molar-refractivity contribution in [3.63, 3.8) is 0 Å². The predicted octanol–water partition coefficient (Wildman–Crippen LogP) is 3.37. The molecule has 0 spiro atoms. The molecule has 0 aliphatic rings. The first-order valence-electron chi connectivity index (χ1n) is 3.22. The standard InChI is InChI=1S/C9H5ClFN/c1-12-5-4-7-2-3-8(10)9(11)6-7/h2-6H. The average molecular weight is 182 g/mol. The molecule has 0 atom stereocenters. The van der Waals surface area contributed by atoms with Crippen molar-refractivity contribution in [1.29, 1.82) is 0 Å². The summed E-state index contributed by atoms with van der Waals surface area (Å²) < 4.78 is 12.8. The monoisotopic (exact) mass is 181 g/mol. The van der Waals surface area contributed by atoms with Crippen LogP contribution < -0.4 is 0 Å². The quantitative estimate of drug-likeness (QED) is 0.585. The fourth-order valence-corrected chi connectivity index (χ4v) is 0.857. The van der Waals surface area contributed by atoms with Crippen LogP contribution in [0.1, 0.15) is 5.56 Å². The molecular weight excluding hydrogens is 177 g/mol. The summed E-state index contributed by atoms with van der Waals surface area (Å²) in [6.45, 7) is 6.47. The van der Waals surface area contributed by atoms with Gasteiger partial charge in [-0.15, -0.1) is 0 Å². The van der Waals surface area contributed by atoms with Crippen LogP contribution in [-0.2, 0) is 0 Å². The lowest BCUT2D eigenvalue weighted by molar-refractivity contribution is 0.628. The SMILES string of the molecule is [C-]#[N+]C=Cc1ccc(Cl)c(F)c1. The lowest BCUT2D eigenvalue weighted by Gasteiger charge is -1.94. The highest BCUT2D eigenvalue weighted by atomic mass is 35.5. The third kappa shape index (κ3) is 2.08. The van der Waals surface area contributed by atoms with E-state index in [9.17, 15) is 4.39 Å². The minimum Gasteiger partial charge on any atom is -0.246 e. The molecule has 0 fully saturated rings. The summed E-state index contributed by atoms with van der Waals surface area (Å²) in [7, 11) is 0. The van der Waals surface area contributed by atoms with Crippen molar-refractivity contribution in [1.82, 2.24) is 0 Å². The highest BCUT2D eigenvalue weighted by Crippen LogP contribution is 2.16. The smallest absolute Gasteiger partial charge is 0.154 e. The molecule has 3 heteroatoms. The second-order valence-electron chi connectivity index (χ2n) is 2.12. The van der Waals surface area contributed by atoms with Crippen molar-refractivity contribution < 1.29 is 4.39 Å². The minimum atomic E-state index is -0.469. The van der Waals surface area contributed by atoms with E-state index in [1.807, 2.05) is 0 Å². The van der Waals surface area contributed by atoms with Crippen molar-refractivity contribution in [2.45, 2.75) is 0 Å². The number of nitrogens with zero attached hydrogens (tertiary/aromatic N) is 1. The molecule has 0 saturated heterocycles. The van der Waals surface area contributed by atoms with Gasteiger partial charge in [-0.05, 0) is 17.7 Å². The maximum Gasteiger partial charge on any atom is 0.154 e. The van der Waals surface area contributed by atoms with E-state index < -0.39 is 5.82 Å². The molecule has 60 valence electrons. The van der Waals surface area contributed by atoms with Crippen molar-refractivity contribution in [3.8, 4) is 0 Å². The number of hydrogen-bond acceptors (Lipinski definition) is 0. The van der Waals surface area contributed by atoms with E-state index in [1.165, 1.54) is 24.4 Å². The van der Waals surface area contributed by atoms with Crippen LogP contribution in [-0.4, -0.2) is 0 Å². The second kappa shape index (κ2) is 3.89. The Morgan fingerprint density at radius 3 is 2.83 bits per heavy atom. The fourth-order valence-electron chi connectivity index (χ4n) is 0.739. The van der Waals surface area contributed by atoms with Gasteiger partial charge in [0, 0.05) is 0 Å². The Morgan fingerprint density at radius 1 is 1.50 bits per heavy atom. The van der Waals surface area contributed by atoms with Gasteiger partial charge in [0.1, 0.15) is 5.82 Å². The number of hydrogen-bond donors (Lipinski definition) is 0. The van der Waals surface area contributed by atoms with Gasteiger partial charge in [-0.3, -0.25) is 0 Å². The lowest BCUT2D eigenvalue weighted by Crippen LogP contribution is -1.77. The second-order valence-corrected chi connectivity index (χ2v) is 2.53. The third-order valence-electron chi connectivity index (χ3n) is 1.29. The molecule has 12 heavy (non-hydrogen) atoms. The van der Waals surface area contributed by atoms with Crippen molar-refractivity contribution >= 4 is 17.7 Å². The topological polar surface area (TPSA) is 4.36 Å². The van der Waals surface area contributed by atoms with Gasteiger partial charge in [-0.1, -0.05) is 23.7 Å². The minimum absolute atomic E-state index is 0.0926. The zero-order chi connectivity index (χ0) is 8.97. The molecule has 1 rings (SSSR count). The van der Waals surface area contributed by atoms with Gasteiger partial charge in [0.2, 0.25) is 0 Å². The van der Waals surface area contributed by atoms with Gasteiger partial charge in [0.25, 0.3) is 0 Å². The summed E-state index contributed by atoms with van der Waals surface area (Å²) in [4.78, 5) is 3.00. The van der Waals surface area contributed by atoms with Gasteiger partial charge in [0.05, 0.1) is 11.6 Å². The Kier molecular flexibility index (Phi) is 2.84. The van der Waals surface area contributed by atoms with Gasteiger partial charge in [0.15, 0.2) is 6.20 Å². The molecular formula is C9H5ClFN. The van der Waals surface area contributed by atoms with Crippen LogP contribution in [0.5, 0.6) is 0 Å². The molecule has 0 bridgehead atoms. The molecule has 0 aromatic heterocycles. The van der Waals surface area contributed by atoms with Crippen LogP contribution in [0.25, 0.3) is 10.9 Å². The molecule has 0 aliphatic carbocycles. The maximum atomic E-state index is 12.8. The summed E-state index contributed by atoms with van der Waals surface area (Å²) in [5, 5.41) is 0.0926. The lowest BCUT2D eigenvalue weighted by atomic mass is 10.2. The Bertz CT molecular complexity index is 352. The summed E-state index contributed by atoms with van der Waals surface area (Å²) in [5.41, 5.74) is 0.632. The first-order valence-corrected chi connectivity index (χ1v) is 3.60. The predicted molar refractivity (Wildman–Crippen MR) is 47.0 cm³/mol. The molecule has 1 aromatic carbocycles. The van der Waals surface area contributed by atoms with Crippen molar-refractivity contribution in [2.75, 3.05) is 0 Å². The van der Waals surface area contributed by atoms with E-state index in [4.69, 9.17) is 18.2 Å². The van der Waals surface area contributed by atoms with Gasteiger partial charge >= 0.3 is 0 Å². The molecule has 0 saturated carbocycles. The van der Waals surface area contributed by atoms with E-state index >= 15 is 0 Å². The summed E-state index contributed by atoms with van der Waals surface area (Å²) in [6.07, 6.45) is 2.79. The van der Waals surface area contributed by atoms with Crippen molar-refractivity contribution in [2.24, 2.45) is 0 Å². The van der Waals surface area contributed by atoms with Crippen LogP contribution in [0.4, 0.5) is 4.39 Å². The van der Waals surface area contributed by atoms with Crippen LogP contribution in [0.15, 0.2) is 24.4 Å². The Balaban J connectivity index is 2.99. The largest absolute Gasteiger partial charge is 0.246 e. The molecule has 0 heterocycles. The van der Waals surface area contributed by atoms with Crippen LogP contribution in [0.2, 0.25) is 5.02 Å². The zero-order valence-corrected chi connectivity index (χ0v) is 6.85. The molecule has 1 nitrogen and oxygen atoms in total. The highest BCUT2D eigenvalue weighted by Gasteiger charge is 1.97. The number of rotatable bonds is 1. The summed E-state index contributed by atoms with van der Waals surface area (Å²) in [6, 6.07) is 4.39. The molecule has 0 N–H and O–H groups in total. The first-order chi connectivity index (χ1) is 5.74. The number of halogens is 2. The first kappa shape index (κ1) is 8.76. The Labute approximate surface area is 74.9 Å².